The van der Waals surface area contributed by atoms with Crippen molar-refractivity contribution in [3.8, 4) is 0 Å². The summed E-state index contributed by atoms with van der Waals surface area (Å²) < 4.78 is 0. The summed E-state index contributed by atoms with van der Waals surface area (Å²) in [5.74, 6) is -0.294. The summed E-state index contributed by atoms with van der Waals surface area (Å²) in [6.07, 6.45) is 0. The summed E-state index contributed by atoms with van der Waals surface area (Å²) in [7, 11) is 1.71. The maximum atomic E-state index is 12.8. The van der Waals surface area contributed by atoms with E-state index < -0.39 is 0 Å². The largest absolute Gasteiger partial charge is 0.340 e. The third-order valence-corrected chi connectivity index (χ3v) is 5.51. The third kappa shape index (κ3) is 3.15. The molecule has 136 valence electrons. The highest BCUT2D eigenvalue weighted by Gasteiger charge is 2.31. The van der Waals surface area contributed by atoms with Crippen LogP contribution < -0.4 is 4.90 Å². The lowest BCUT2D eigenvalue weighted by atomic mass is 10.1. The molecule has 0 atom stereocenters. The van der Waals surface area contributed by atoms with E-state index in [4.69, 9.17) is 23.2 Å². The number of amides is 2. The van der Waals surface area contributed by atoms with Crippen LogP contribution in [0.15, 0.2) is 54.6 Å². The number of likely N-dealkylation sites (N-methyl/N-ethyl adjacent to an activating group) is 1. The topological polar surface area (TPSA) is 40.6 Å². The number of hydrogen-bond acceptors (Lipinski definition) is 2. The molecule has 0 fully saturated rings. The average Bonchev–Trinajstić information content (AvgIpc) is 2.93. The third-order valence-electron chi connectivity index (χ3n) is 4.77. The molecule has 1 heterocycles. The Morgan fingerprint density at radius 2 is 1.78 bits per heavy atom. The molecular weight excluding hydrogens is 383 g/mol. The maximum absolute atomic E-state index is 12.8. The first kappa shape index (κ1) is 17.8. The standard InChI is InChI=1S/C21H16Cl2N2O2/c1-24(11-13-8-9-16(22)17(23)10-13)19(26)12-25-18-7-3-5-14-4-2-6-15(20(14)18)21(25)27/h2-10H,11-12H2,1H3. The van der Waals surface area contributed by atoms with Gasteiger partial charge in [0.1, 0.15) is 6.54 Å². The lowest BCUT2D eigenvalue weighted by Crippen LogP contribution is -2.39. The van der Waals surface area contributed by atoms with Gasteiger partial charge in [-0.25, -0.2) is 0 Å². The zero-order valence-corrected chi connectivity index (χ0v) is 16.1. The van der Waals surface area contributed by atoms with E-state index in [-0.39, 0.29) is 18.4 Å². The van der Waals surface area contributed by atoms with E-state index in [0.29, 0.717) is 22.2 Å². The monoisotopic (exact) mass is 398 g/mol. The molecule has 0 N–H and O–H groups in total. The second kappa shape index (κ2) is 6.87. The molecule has 0 spiro atoms. The van der Waals surface area contributed by atoms with Gasteiger partial charge in [-0.15, -0.1) is 0 Å². The van der Waals surface area contributed by atoms with E-state index in [2.05, 4.69) is 0 Å². The molecule has 0 unspecified atom stereocenters. The van der Waals surface area contributed by atoms with Gasteiger partial charge >= 0.3 is 0 Å². The molecule has 0 aliphatic carbocycles. The summed E-state index contributed by atoms with van der Waals surface area (Å²) in [6, 6.07) is 16.7. The Morgan fingerprint density at radius 1 is 1.04 bits per heavy atom. The zero-order chi connectivity index (χ0) is 19.1. The van der Waals surface area contributed by atoms with Gasteiger partial charge in [0.15, 0.2) is 0 Å². The van der Waals surface area contributed by atoms with E-state index in [1.807, 2.05) is 36.4 Å². The Morgan fingerprint density at radius 3 is 2.52 bits per heavy atom. The quantitative estimate of drug-likeness (QED) is 0.635. The predicted molar refractivity (Wildman–Crippen MR) is 109 cm³/mol. The summed E-state index contributed by atoms with van der Waals surface area (Å²) in [4.78, 5) is 28.7. The maximum Gasteiger partial charge on any atom is 0.259 e. The zero-order valence-electron chi connectivity index (χ0n) is 14.6. The number of nitrogens with zero attached hydrogens (tertiary/aromatic N) is 2. The first-order valence-corrected chi connectivity index (χ1v) is 9.23. The van der Waals surface area contributed by atoms with Crippen LogP contribution in [-0.4, -0.2) is 30.3 Å². The van der Waals surface area contributed by atoms with Gasteiger partial charge in [-0.1, -0.05) is 53.5 Å². The van der Waals surface area contributed by atoms with Gasteiger partial charge in [-0.05, 0) is 35.2 Å². The van der Waals surface area contributed by atoms with Crippen molar-refractivity contribution in [2.24, 2.45) is 0 Å². The first-order chi connectivity index (χ1) is 13.0. The van der Waals surface area contributed by atoms with E-state index in [1.165, 1.54) is 0 Å². The molecule has 4 nitrogen and oxygen atoms in total. The van der Waals surface area contributed by atoms with Crippen molar-refractivity contribution >= 4 is 51.5 Å². The second-order valence-corrected chi connectivity index (χ2v) is 7.38. The van der Waals surface area contributed by atoms with Gasteiger partial charge in [-0.2, -0.15) is 0 Å². The van der Waals surface area contributed by atoms with Gasteiger partial charge in [0.2, 0.25) is 5.91 Å². The average molecular weight is 399 g/mol. The Bertz CT molecular complexity index is 1080. The summed E-state index contributed by atoms with van der Waals surface area (Å²) in [6.45, 7) is 0.374. The fraction of sp³-hybridized carbons (Fsp3) is 0.143. The molecule has 4 rings (SSSR count). The van der Waals surface area contributed by atoms with Crippen LogP contribution in [0.1, 0.15) is 15.9 Å². The SMILES string of the molecule is CN(Cc1ccc(Cl)c(Cl)c1)C(=O)CN1C(=O)c2cccc3cccc1c23. The Hall–Kier alpha value is -2.56. The normalized spacial score (nSPS) is 12.7. The molecule has 6 heteroatoms. The molecular formula is C21H16Cl2N2O2. The molecule has 2 amide bonds. The molecule has 0 radical (unpaired) electrons. The number of hydrogen-bond donors (Lipinski definition) is 0. The summed E-state index contributed by atoms with van der Waals surface area (Å²) >= 11 is 12.0. The lowest BCUT2D eigenvalue weighted by Gasteiger charge is -2.22. The van der Waals surface area contributed by atoms with Crippen LogP contribution in [0.4, 0.5) is 5.69 Å². The van der Waals surface area contributed by atoms with Crippen LogP contribution in [0.25, 0.3) is 10.8 Å². The smallest absolute Gasteiger partial charge is 0.259 e. The number of halogens is 2. The molecule has 27 heavy (non-hydrogen) atoms. The molecule has 0 saturated carbocycles. The molecule has 1 aliphatic rings. The Kier molecular flexibility index (Phi) is 4.54. The van der Waals surface area contributed by atoms with E-state index >= 15 is 0 Å². The van der Waals surface area contributed by atoms with E-state index in [9.17, 15) is 9.59 Å². The van der Waals surface area contributed by atoms with Gasteiger partial charge < -0.3 is 4.90 Å². The van der Waals surface area contributed by atoms with Crippen molar-refractivity contribution in [3.63, 3.8) is 0 Å². The number of anilines is 1. The van der Waals surface area contributed by atoms with Crippen molar-refractivity contribution in [2.75, 3.05) is 18.5 Å². The summed E-state index contributed by atoms with van der Waals surface area (Å²) in [5, 5.41) is 2.83. The van der Waals surface area contributed by atoms with Crippen LogP contribution in [0, 0.1) is 0 Å². The fourth-order valence-corrected chi connectivity index (χ4v) is 3.71. The van der Waals surface area contributed by atoms with Crippen LogP contribution >= 0.6 is 23.2 Å². The highest BCUT2D eigenvalue weighted by molar-refractivity contribution is 6.42. The van der Waals surface area contributed by atoms with Crippen molar-refractivity contribution in [2.45, 2.75) is 6.54 Å². The summed E-state index contributed by atoms with van der Waals surface area (Å²) in [5.41, 5.74) is 2.30. The van der Waals surface area contributed by atoms with E-state index in [1.54, 1.807) is 35.0 Å². The highest BCUT2D eigenvalue weighted by atomic mass is 35.5. The Labute approximate surface area is 166 Å². The van der Waals surface area contributed by atoms with Crippen LogP contribution in [0.2, 0.25) is 10.0 Å². The molecule has 0 saturated heterocycles. The highest BCUT2D eigenvalue weighted by Crippen LogP contribution is 2.37. The second-order valence-electron chi connectivity index (χ2n) is 6.57. The lowest BCUT2D eigenvalue weighted by molar-refractivity contribution is -0.128. The van der Waals surface area contributed by atoms with Crippen molar-refractivity contribution in [1.82, 2.24) is 4.90 Å². The molecule has 0 bridgehead atoms. The van der Waals surface area contributed by atoms with Crippen molar-refractivity contribution < 1.29 is 9.59 Å². The van der Waals surface area contributed by atoms with Gasteiger partial charge in [-0.3, -0.25) is 14.5 Å². The number of benzene rings is 3. The fourth-order valence-electron chi connectivity index (χ4n) is 3.39. The number of carbonyl (C=O) groups excluding carboxylic acids is 2. The van der Waals surface area contributed by atoms with Gasteiger partial charge in [0.25, 0.3) is 5.91 Å². The minimum atomic E-state index is -0.153. The van der Waals surface area contributed by atoms with E-state index in [0.717, 1.165) is 22.0 Å². The minimum absolute atomic E-state index is 0.00948. The van der Waals surface area contributed by atoms with Crippen LogP contribution in [0.3, 0.4) is 0 Å². The molecule has 3 aromatic rings. The van der Waals surface area contributed by atoms with Crippen LogP contribution in [0.5, 0.6) is 0 Å². The van der Waals surface area contributed by atoms with Gasteiger partial charge in [0, 0.05) is 24.5 Å². The first-order valence-electron chi connectivity index (χ1n) is 8.47. The van der Waals surface area contributed by atoms with Crippen molar-refractivity contribution in [3.05, 3.63) is 75.8 Å². The van der Waals surface area contributed by atoms with Gasteiger partial charge in [0.05, 0.1) is 15.7 Å². The Balaban J connectivity index is 1.54. The molecule has 1 aliphatic heterocycles. The number of rotatable bonds is 4. The van der Waals surface area contributed by atoms with Crippen molar-refractivity contribution in [1.29, 1.82) is 0 Å². The minimum Gasteiger partial charge on any atom is -0.340 e. The molecule has 0 aromatic heterocycles. The van der Waals surface area contributed by atoms with Crippen LogP contribution in [-0.2, 0) is 11.3 Å². The molecule has 3 aromatic carbocycles. The predicted octanol–water partition coefficient (Wildman–Crippen LogP) is 4.77. The number of carbonyl (C=O) groups is 2.